The Bertz CT molecular complexity index is 361. The Morgan fingerprint density at radius 1 is 1.35 bits per heavy atom. The van der Waals surface area contributed by atoms with Crippen molar-refractivity contribution >= 4 is 23.1 Å². The van der Waals surface area contributed by atoms with E-state index in [2.05, 4.69) is 0 Å². The van der Waals surface area contributed by atoms with Gasteiger partial charge in [0.15, 0.2) is 0 Å². The summed E-state index contributed by atoms with van der Waals surface area (Å²) >= 11 is 5.25. The summed E-state index contributed by atoms with van der Waals surface area (Å²) in [5.74, 6) is 0.128. The van der Waals surface area contributed by atoms with Gasteiger partial charge in [0.2, 0.25) is 5.91 Å². The van der Waals surface area contributed by atoms with Gasteiger partial charge in [-0.25, -0.2) is 0 Å². The number of hydrogen-bond donors (Lipinski definition) is 1. The number of thiocarbonyl (C=S) groups is 1. The lowest BCUT2D eigenvalue weighted by molar-refractivity contribution is -0.141. The average Bonchev–Trinajstić information content (AvgIpc) is 2.97. The number of carbonyl (C=O) groups is 1. The molecule has 0 spiro atoms. The van der Waals surface area contributed by atoms with Crippen LogP contribution in [-0.4, -0.2) is 41.6 Å². The van der Waals surface area contributed by atoms with Crippen LogP contribution in [0.4, 0.5) is 0 Å². The first kappa shape index (κ1) is 15.7. The highest BCUT2D eigenvalue weighted by molar-refractivity contribution is 7.80. The molecule has 114 valence electrons. The molecule has 1 heterocycles. The molecule has 1 aliphatic heterocycles. The minimum absolute atomic E-state index is 0.128. The normalized spacial score (nSPS) is 25.4. The molecule has 0 aromatic heterocycles. The van der Waals surface area contributed by atoms with Crippen molar-refractivity contribution in [1.29, 1.82) is 0 Å². The lowest BCUT2D eigenvalue weighted by Gasteiger charge is -2.39. The Kier molecular flexibility index (Phi) is 5.38. The molecule has 2 aliphatic rings. The third-order valence-electron chi connectivity index (χ3n) is 4.71. The molecule has 1 aliphatic carbocycles. The summed E-state index contributed by atoms with van der Waals surface area (Å²) in [6, 6.07) is 0. The second-order valence-corrected chi connectivity index (χ2v) is 6.43. The molecule has 1 saturated carbocycles. The fourth-order valence-corrected chi connectivity index (χ4v) is 3.70. The van der Waals surface area contributed by atoms with E-state index >= 15 is 0 Å². The summed E-state index contributed by atoms with van der Waals surface area (Å²) < 4.78 is 5.66. The molecular formula is C15H26N2O2S. The largest absolute Gasteiger partial charge is 0.392 e. The number of carbonyl (C=O) groups excluding carboxylic acids is 1. The van der Waals surface area contributed by atoms with Crippen molar-refractivity contribution in [1.82, 2.24) is 4.90 Å². The monoisotopic (exact) mass is 298 g/mol. The lowest BCUT2D eigenvalue weighted by Crippen LogP contribution is -2.53. The van der Waals surface area contributed by atoms with Gasteiger partial charge in [-0.3, -0.25) is 4.79 Å². The number of likely N-dealkylation sites (N-methyl/N-ethyl adjacent to an activating group) is 1. The van der Waals surface area contributed by atoms with Crippen molar-refractivity contribution in [3.8, 4) is 0 Å². The van der Waals surface area contributed by atoms with Crippen LogP contribution < -0.4 is 5.73 Å². The van der Waals surface area contributed by atoms with Crippen LogP contribution in [0, 0.1) is 5.41 Å². The fraction of sp³-hybridized carbons (Fsp3) is 0.867. The van der Waals surface area contributed by atoms with Gasteiger partial charge in [0.05, 0.1) is 16.5 Å². The molecule has 1 saturated heterocycles. The molecule has 0 radical (unpaired) electrons. The highest BCUT2D eigenvalue weighted by Gasteiger charge is 2.44. The molecular weight excluding hydrogens is 272 g/mol. The molecule has 0 aromatic carbocycles. The molecule has 20 heavy (non-hydrogen) atoms. The van der Waals surface area contributed by atoms with Gasteiger partial charge in [-0.15, -0.1) is 0 Å². The highest BCUT2D eigenvalue weighted by Crippen LogP contribution is 2.38. The molecule has 2 fully saturated rings. The molecule has 0 aromatic rings. The van der Waals surface area contributed by atoms with E-state index < -0.39 is 5.41 Å². The molecule has 2 N–H and O–H groups in total. The Balaban J connectivity index is 2.09. The van der Waals surface area contributed by atoms with Gasteiger partial charge in [0.25, 0.3) is 0 Å². The summed E-state index contributed by atoms with van der Waals surface area (Å²) in [5.41, 5.74) is 5.36. The minimum Gasteiger partial charge on any atom is -0.392 e. The van der Waals surface area contributed by atoms with Crippen molar-refractivity contribution in [2.75, 3.05) is 19.7 Å². The van der Waals surface area contributed by atoms with Gasteiger partial charge in [-0.2, -0.15) is 0 Å². The summed E-state index contributed by atoms with van der Waals surface area (Å²) in [5, 5.41) is 0. The molecule has 1 amide bonds. The zero-order valence-corrected chi connectivity index (χ0v) is 13.2. The average molecular weight is 298 g/mol. The number of nitrogens with zero attached hydrogens (tertiary/aromatic N) is 1. The van der Waals surface area contributed by atoms with Crippen LogP contribution in [0.3, 0.4) is 0 Å². The smallest absolute Gasteiger partial charge is 0.235 e. The maximum Gasteiger partial charge on any atom is 0.235 e. The fourth-order valence-electron chi connectivity index (χ4n) is 3.41. The van der Waals surface area contributed by atoms with Gasteiger partial charge in [0.1, 0.15) is 0 Å². The molecule has 4 nitrogen and oxygen atoms in total. The third-order valence-corrected chi connectivity index (χ3v) is 5.10. The van der Waals surface area contributed by atoms with E-state index in [1.54, 1.807) is 0 Å². The van der Waals surface area contributed by atoms with Crippen molar-refractivity contribution in [3.05, 3.63) is 0 Å². The van der Waals surface area contributed by atoms with Gasteiger partial charge in [-0.1, -0.05) is 31.5 Å². The van der Waals surface area contributed by atoms with E-state index in [9.17, 15) is 4.79 Å². The van der Waals surface area contributed by atoms with Gasteiger partial charge < -0.3 is 15.4 Å². The maximum absolute atomic E-state index is 13.0. The maximum atomic E-state index is 13.0. The SMILES string of the molecule is CCN(CC1CCCO1)C(=O)C1(C(N)=S)CCCCC1. The quantitative estimate of drug-likeness (QED) is 0.791. The van der Waals surface area contributed by atoms with E-state index in [4.69, 9.17) is 22.7 Å². The van der Waals surface area contributed by atoms with E-state index in [1.165, 1.54) is 6.42 Å². The number of amides is 1. The molecule has 1 atom stereocenters. The Hall–Kier alpha value is -0.680. The van der Waals surface area contributed by atoms with E-state index in [0.29, 0.717) is 18.1 Å². The molecule has 5 heteroatoms. The minimum atomic E-state index is -0.595. The zero-order valence-electron chi connectivity index (χ0n) is 12.4. The second-order valence-electron chi connectivity index (χ2n) is 5.99. The number of nitrogens with two attached hydrogens (primary N) is 1. The van der Waals surface area contributed by atoms with Crippen LogP contribution in [0.15, 0.2) is 0 Å². The van der Waals surface area contributed by atoms with Crippen LogP contribution >= 0.6 is 12.2 Å². The van der Waals surface area contributed by atoms with E-state index in [1.807, 2.05) is 11.8 Å². The predicted molar refractivity (Wildman–Crippen MR) is 83.5 cm³/mol. The highest BCUT2D eigenvalue weighted by atomic mass is 32.1. The first-order valence-corrected chi connectivity index (χ1v) is 8.22. The number of ether oxygens (including phenoxy) is 1. The summed E-state index contributed by atoms with van der Waals surface area (Å²) in [7, 11) is 0. The van der Waals surface area contributed by atoms with Crippen LogP contribution in [0.2, 0.25) is 0 Å². The standard InChI is InChI=1S/C15H26N2O2S/c1-2-17(11-12-7-6-10-19-12)14(18)15(13(16)20)8-4-3-5-9-15/h12H,2-11H2,1H3,(H2,16,20). The first-order valence-electron chi connectivity index (χ1n) is 7.81. The first-order chi connectivity index (χ1) is 9.60. The summed E-state index contributed by atoms with van der Waals surface area (Å²) in [6.45, 7) is 4.21. The van der Waals surface area contributed by atoms with Crippen LogP contribution in [0.5, 0.6) is 0 Å². The van der Waals surface area contributed by atoms with Crippen LogP contribution in [0.25, 0.3) is 0 Å². The third kappa shape index (κ3) is 3.14. The van der Waals surface area contributed by atoms with Gasteiger partial charge >= 0.3 is 0 Å². The van der Waals surface area contributed by atoms with Gasteiger partial charge in [0, 0.05) is 19.7 Å². The Morgan fingerprint density at radius 2 is 2.05 bits per heavy atom. The zero-order chi connectivity index (χ0) is 14.6. The van der Waals surface area contributed by atoms with Crippen LogP contribution in [0.1, 0.15) is 51.9 Å². The number of hydrogen-bond acceptors (Lipinski definition) is 3. The Morgan fingerprint density at radius 3 is 2.55 bits per heavy atom. The van der Waals surface area contributed by atoms with Crippen molar-refractivity contribution in [2.24, 2.45) is 11.1 Å². The Labute approximate surface area is 127 Å². The van der Waals surface area contributed by atoms with E-state index in [-0.39, 0.29) is 12.0 Å². The van der Waals surface area contributed by atoms with Crippen molar-refractivity contribution < 1.29 is 9.53 Å². The molecule has 2 rings (SSSR count). The van der Waals surface area contributed by atoms with E-state index in [0.717, 1.165) is 45.1 Å². The molecule has 0 bridgehead atoms. The van der Waals surface area contributed by atoms with Crippen molar-refractivity contribution in [2.45, 2.75) is 58.0 Å². The predicted octanol–water partition coefficient (Wildman–Crippen LogP) is 2.25. The number of rotatable bonds is 5. The summed E-state index contributed by atoms with van der Waals surface area (Å²) in [6.07, 6.45) is 7.20. The lowest BCUT2D eigenvalue weighted by atomic mass is 9.72. The van der Waals surface area contributed by atoms with Gasteiger partial charge in [-0.05, 0) is 32.6 Å². The summed E-state index contributed by atoms with van der Waals surface area (Å²) in [4.78, 5) is 15.3. The topological polar surface area (TPSA) is 55.6 Å². The van der Waals surface area contributed by atoms with Crippen LogP contribution in [-0.2, 0) is 9.53 Å². The van der Waals surface area contributed by atoms with Crippen molar-refractivity contribution in [3.63, 3.8) is 0 Å². The second kappa shape index (κ2) is 6.85. The molecule has 1 unspecified atom stereocenters.